The molecule has 84 valence electrons. The van der Waals surface area contributed by atoms with E-state index in [4.69, 9.17) is 12.5 Å². The van der Waals surface area contributed by atoms with Crippen LogP contribution in [0.25, 0.3) is 0 Å². The highest BCUT2D eigenvalue weighted by atomic mass is 32.2. The third-order valence-electron chi connectivity index (χ3n) is 1.46. The van der Waals surface area contributed by atoms with E-state index in [9.17, 15) is 0 Å². The standard InChI is InChI=1S/C9H12O3S3/c1-13-10-7-5-4-6-8(11-14-2)9(7)12-15-3/h4-6H,1-3H3. The minimum Gasteiger partial charge on any atom is -0.422 e. The van der Waals surface area contributed by atoms with Gasteiger partial charge in [-0.2, -0.15) is 0 Å². The molecule has 0 atom stereocenters. The zero-order valence-electron chi connectivity index (χ0n) is 8.68. The maximum absolute atomic E-state index is 5.41. The van der Waals surface area contributed by atoms with Crippen LogP contribution in [0.1, 0.15) is 0 Å². The summed E-state index contributed by atoms with van der Waals surface area (Å²) in [5.41, 5.74) is 0. The average Bonchev–Trinajstić information content (AvgIpc) is 2.23. The van der Waals surface area contributed by atoms with Gasteiger partial charge in [-0.15, -0.1) is 0 Å². The van der Waals surface area contributed by atoms with Gasteiger partial charge in [0.1, 0.15) is 0 Å². The van der Waals surface area contributed by atoms with Crippen LogP contribution >= 0.6 is 36.1 Å². The molecule has 0 N–H and O–H groups in total. The number of benzene rings is 1. The van der Waals surface area contributed by atoms with Crippen LogP contribution in [-0.4, -0.2) is 18.8 Å². The third kappa shape index (κ3) is 3.62. The Morgan fingerprint density at radius 2 is 1.27 bits per heavy atom. The molecule has 0 saturated carbocycles. The van der Waals surface area contributed by atoms with E-state index in [2.05, 4.69) is 0 Å². The van der Waals surface area contributed by atoms with Gasteiger partial charge in [-0.1, -0.05) is 6.07 Å². The Hall–Kier alpha value is -0.330. The zero-order valence-corrected chi connectivity index (χ0v) is 11.1. The smallest absolute Gasteiger partial charge is 0.224 e. The first-order valence-corrected chi connectivity index (χ1v) is 7.53. The molecule has 0 bridgehead atoms. The van der Waals surface area contributed by atoms with Crippen molar-refractivity contribution in [1.29, 1.82) is 0 Å². The van der Waals surface area contributed by atoms with E-state index in [1.165, 1.54) is 36.1 Å². The summed E-state index contributed by atoms with van der Waals surface area (Å²) < 4.78 is 16.1. The SMILES string of the molecule is CSOc1cccc(OSC)c1OSC. The lowest BCUT2D eigenvalue weighted by Gasteiger charge is -2.11. The molecule has 0 aliphatic rings. The normalized spacial score (nSPS) is 9.80. The molecule has 1 aromatic rings. The van der Waals surface area contributed by atoms with Crippen molar-refractivity contribution in [2.45, 2.75) is 0 Å². The van der Waals surface area contributed by atoms with Gasteiger partial charge in [0, 0.05) is 18.8 Å². The molecule has 0 aliphatic heterocycles. The lowest BCUT2D eigenvalue weighted by Crippen LogP contribution is -1.90. The fourth-order valence-electron chi connectivity index (χ4n) is 0.972. The second-order valence-corrected chi connectivity index (χ2v) is 3.83. The highest BCUT2D eigenvalue weighted by Crippen LogP contribution is 2.41. The predicted molar refractivity (Wildman–Crippen MR) is 68.9 cm³/mol. The van der Waals surface area contributed by atoms with Crippen LogP contribution in [0.5, 0.6) is 17.2 Å². The van der Waals surface area contributed by atoms with Crippen molar-refractivity contribution in [1.82, 2.24) is 0 Å². The summed E-state index contributed by atoms with van der Waals surface area (Å²) in [5, 5.41) is 0. The summed E-state index contributed by atoms with van der Waals surface area (Å²) in [6.07, 6.45) is 5.55. The predicted octanol–water partition coefficient (Wildman–Crippen LogP) is 3.66. The number of hydrogen-bond donors (Lipinski definition) is 0. The maximum Gasteiger partial charge on any atom is 0.224 e. The summed E-state index contributed by atoms with van der Waals surface area (Å²) in [6.45, 7) is 0. The highest BCUT2D eigenvalue weighted by molar-refractivity contribution is 7.94. The molecule has 0 fully saturated rings. The molecule has 0 aliphatic carbocycles. The van der Waals surface area contributed by atoms with E-state index >= 15 is 0 Å². The molecule has 15 heavy (non-hydrogen) atoms. The summed E-state index contributed by atoms with van der Waals surface area (Å²) in [6, 6.07) is 5.55. The fraction of sp³-hybridized carbons (Fsp3) is 0.333. The Morgan fingerprint density at radius 3 is 1.67 bits per heavy atom. The molecule has 0 amide bonds. The van der Waals surface area contributed by atoms with Crippen LogP contribution in [0.15, 0.2) is 18.2 Å². The van der Waals surface area contributed by atoms with Crippen LogP contribution in [0, 0.1) is 0 Å². The third-order valence-corrected chi connectivity index (χ3v) is 2.48. The first-order valence-electron chi connectivity index (χ1n) is 4.08. The molecule has 1 rings (SSSR count). The molecule has 0 heterocycles. The Labute approximate surface area is 103 Å². The monoisotopic (exact) mass is 264 g/mol. The van der Waals surface area contributed by atoms with Crippen LogP contribution < -0.4 is 12.5 Å². The Balaban J connectivity index is 2.97. The number of para-hydroxylation sites is 1. The lowest BCUT2D eigenvalue weighted by molar-refractivity contribution is 0.534. The summed E-state index contributed by atoms with van der Waals surface area (Å²) in [4.78, 5) is 0. The van der Waals surface area contributed by atoms with Crippen molar-refractivity contribution >= 4 is 36.1 Å². The molecule has 0 radical (unpaired) electrons. The summed E-state index contributed by atoms with van der Waals surface area (Å²) in [5.74, 6) is 1.96. The Kier molecular flexibility index (Phi) is 5.97. The Morgan fingerprint density at radius 1 is 0.800 bits per heavy atom. The second kappa shape index (κ2) is 7.03. The fourth-order valence-corrected chi connectivity index (χ4v) is 1.92. The van der Waals surface area contributed by atoms with Crippen molar-refractivity contribution in [2.24, 2.45) is 0 Å². The molecule has 0 spiro atoms. The lowest BCUT2D eigenvalue weighted by atomic mass is 10.3. The van der Waals surface area contributed by atoms with Crippen molar-refractivity contribution in [3.63, 3.8) is 0 Å². The van der Waals surface area contributed by atoms with Crippen molar-refractivity contribution in [3.05, 3.63) is 18.2 Å². The number of hydrogen-bond acceptors (Lipinski definition) is 6. The summed E-state index contributed by atoms with van der Waals surface area (Å²) >= 11 is 3.80. The molecule has 0 aromatic heterocycles. The van der Waals surface area contributed by atoms with E-state index in [1.54, 1.807) is 0 Å². The Bertz CT molecular complexity index is 282. The van der Waals surface area contributed by atoms with Crippen LogP contribution in [0.3, 0.4) is 0 Å². The highest BCUT2D eigenvalue weighted by Gasteiger charge is 2.13. The van der Waals surface area contributed by atoms with Crippen molar-refractivity contribution < 1.29 is 12.5 Å². The van der Waals surface area contributed by atoms with E-state index in [1.807, 2.05) is 37.0 Å². The maximum atomic E-state index is 5.41. The average molecular weight is 264 g/mol. The molecule has 0 saturated heterocycles. The van der Waals surface area contributed by atoms with Gasteiger partial charge >= 0.3 is 0 Å². The van der Waals surface area contributed by atoms with E-state index < -0.39 is 0 Å². The first-order chi connectivity index (χ1) is 7.33. The van der Waals surface area contributed by atoms with Crippen molar-refractivity contribution in [3.8, 4) is 17.2 Å². The van der Waals surface area contributed by atoms with E-state index in [-0.39, 0.29) is 0 Å². The molecule has 0 unspecified atom stereocenters. The first kappa shape index (κ1) is 12.7. The van der Waals surface area contributed by atoms with E-state index in [0.29, 0.717) is 17.2 Å². The minimum absolute atomic E-state index is 0.619. The number of rotatable bonds is 6. The van der Waals surface area contributed by atoms with Gasteiger partial charge in [0.25, 0.3) is 0 Å². The van der Waals surface area contributed by atoms with Gasteiger partial charge < -0.3 is 12.5 Å². The van der Waals surface area contributed by atoms with Gasteiger partial charge in [-0.3, -0.25) is 0 Å². The molecular formula is C9H12O3S3. The molecule has 6 heteroatoms. The van der Waals surface area contributed by atoms with Gasteiger partial charge in [0.05, 0.1) is 36.1 Å². The molecular weight excluding hydrogens is 252 g/mol. The summed E-state index contributed by atoms with van der Waals surface area (Å²) in [7, 11) is 0. The van der Waals surface area contributed by atoms with Crippen LogP contribution in [0.2, 0.25) is 0 Å². The van der Waals surface area contributed by atoms with Gasteiger partial charge in [0.15, 0.2) is 11.5 Å². The second-order valence-electron chi connectivity index (χ2n) is 2.33. The van der Waals surface area contributed by atoms with Gasteiger partial charge in [-0.25, -0.2) is 0 Å². The molecule has 3 nitrogen and oxygen atoms in total. The van der Waals surface area contributed by atoms with Gasteiger partial charge in [0.2, 0.25) is 5.75 Å². The van der Waals surface area contributed by atoms with Gasteiger partial charge in [-0.05, 0) is 12.1 Å². The minimum atomic E-state index is 0.619. The largest absolute Gasteiger partial charge is 0.422 e. The van der Waals surface area contributed by atoms with Crippen LogP contribution in [0.4, 0.5) is 0 Å². The topological polar surface area (TPSA) is 27.7 Å². The van der Waals surface area contributed by atoms with E-state index in [0.717, 1.165) is 0 Å². The molecule has 1 aromatic carbocycles. The van der Waals surface area contributed by atoms with Crippen molar-refractivity contribution in [2.75, 3.05) is 18.8 Å². The quantitative estimate of drug-likeness (QED) is 0.728. The zero-order chi connectivity index (χ0) is 11.1. The van der Waals surface area contributed by atoms with Crippen LogP contribution in [-0.2, 0) is 0 Å².